The number of carbonyl (C=O) groups is 1. The number of aromatic nitrogens is 3. The summed E-state index contributed by atoms with van der Waals surface area (Å²) >= 11 is 7.63. The van der Waals surface area contributed by atoms with Crippen molar-refractivity contribution in [2.45, 2.75) is 13.5 Å². The van der Waals surface area contributed by atoms with E-state index in [1.54, 1.807) is 6.07 Å². The molecule has 4 aromatic rings. The van der Waals surface area contributed by atoms with E-state index in [0.717, 1.165) is 29.8 Å². The summed E-state index contributed by atoms with van der Waals surface area (Å²) in [5.41, 5.74) is 3.08. The molecular formula is C24H22ClN5O2S. The average Bonchev–Trinajstić information content (AvgIpc) is 3.24. The summed E-state index contributed by atoms with van der Waals surface area (Å²) in [6.45, 7) is 5.29. The molecule has 0 N–H and O–H groups in total. The van der Waals surface area contributed by atoms with Gasteiger partial charge in [-0.25, -0.2) is 4.98 Å². The Kier molecular flexibility index (Phi) is 5.97. The Morgan fingerprint density at radius 3 is 2.61 bits per heavy atom. The van der Waals surface area contributed by atoms with Gasteiger partial charge in [-0.05, 0) is 25.1 Å². The molecule has 5 rings (SSSR count). The van der Waals surface area contributed by atoms with E-state index in [9.17, 15) is 9.59 Å². The van der Waals surface area contributed by atoms with Gasteiger partial charge in [-0.1, -0.05) is 58.8 Å². The van der Waals surface area contributed by atoms with Gasteiger partial charge in [0, 0.05) is 49.9 Å². The lowest BCUT2D eigenvalue weighted by Gasteiger charge is -2.34. The highest BCUT2D eigenvalue weighted by Gasteiger charge is 2.23. The number of hydrogen-bond acceptors (Lipinski definition) is 6. The van der Waals surface area contributed by atoms with Crippen LogP contribution in [0.4, 0.5) is 0 Å². The second-order valence-electron chi connectivity index (χ2n) is 8.10. The molecule has 9 heteroatoms. The fraction of sp³-hybridized carbons (Fsp3) is 0.250. The summed E-state index contributed by atoms with van der Waals surface area (Å²) in [5, 5.41) is 5.66. The minimum Gasteiger partial charge on any atom is -0.336 e. The van der Waals surface area contributed by atoms with Crippen LogP contribution in [0.5, 0.6) is 0 Å². The molecular weight excluding hydrogens is 458 g/mol. The SMILES string of the molecule is Cc1cccc(C(=O)N2CCN(Cc3cc(=O)n4nc(-c5ccccc5Cl)sc4n3)CC2)c1. The molecule has 1 fully saturated rings. The monoisotopic (exact) mass is 479 g/mol. The van der Waals surface area contributed by atoms with E-state index in [1.165, 1.54) is 21.9 Å². The van der Waals surface area contributed by atoms with Crippen molar-refractivity contribution in [1.82, 2.24) is 24.4 Å². The van der Waals surface area contributed by atoms with Gasteiger partial charge >= 0.3 is 0 Å². The van der Waals surface area contributed by atoms with Gasteiger partial charge in [-0.3, -0.25) is 14.5 Å². The van der Waals surface area contributed by atoms with Gasteiger partial charge in [-0.15, -0.1) is 0 Å². The number of halogens is 1. The first-order valence-electron chi connectivity index (χ1n) is 10.7. The molecule has 33 heavy (non-hydrogen) atoms. The third-order valence-electron chi connectivity index (χ3n) is 5.71. The van der Waals surface area contributed by atoms with E-state index in [0.29, 0.717) is 40.3 Å². The van der Waals surface area contributed by atoms with Crippen LogP contribution >= 0.6 is 22.9 Å². The summed E-state index contributed by atoms with van der Waals surface area (Å²) in [5.74, 6) is 0.0629. The molecule has 1 saturated heterocycles. The van der Waals surface area contributed by atoms with Gasteiger partial charge in [0.25, 0.3) is 11.5 Å². The molecule has 0 aliphatic carbocycles. The number of rotatable bonds is 4. The Hall–Kier alpha value is -3.07. The van der Waals surface area contributed by atoms with Crippen molar-refractivity contribution in [3.8, 4) is 10.6 Å². The normalized spacial score (nSPS) is 14.7. The molecule has 0 bridgehead atoms. The number of piperazine rings is 1. The van der Waals surface area contributed by atoms with Crippen LogP contribution in [0.15, 0.2) is 59.4 Å². The molecule has 3 heterocycles. The quantitative estimate of drug-likeness (QED) is 0.446. The van der Waals surface area contributed by atoms with Crippen molar-refractivity contribution in [3.63, 3.8) is 0 Å². The molecule has 0 spiro atoms. The molecule has 0 unspecified atom stereocenters. The van der Waals surface area contributed by atoms with E-state index in [-0.39, 0.29) is 11.5 Å². The molecule has 0 atom stereocenters. The zero-order valence-electron chi connectivity index (χ0n) is 18.1. The lowest BCUT2D eigenvalue weighted by Crippen LogP contribution is -2.48. The van der Waals surface area contributed by atoms with E-state index in [4.69, 9.17) is 11.6 Å². The van der Waals surface area contributed by atoms with Crippen molar-refractivity contribution in [3.05, 3.63) is 86.8 Å². The first-order valence-corrected chi connectivity index (χ1v) is 11.9. The number of hydrogen-bond donors (Lipinski definition) is 0. The van der Waals surface area contributed by atoms with Crippen LogP contribution in [-0.2, 0) is 6.54 Å². The van der Waals surface area contributed by atoms with E-state index >= 15 is 0 Å². The molecule has 2 aromatic heterocycles. The highest BCUT2D eigenvalue weighted by atomic mass is 35.5. The van der Waals surface area contributed by atoms with Crippen LogP contribution in [-0.4, -0.2) is 56.5 Å². The third-order valence-corrected chi connectivity index (χ3v) is 6.98. The van der Waals surface area contributed by atoms with Crippen molar-refractivity contribution in [2.75, 3.05) is 26.2 Å². The number of carbonyl (C=O) groups excluding carboxylic acids is 1. The maximum absolute atomic E-state index is 12.8. The summed E-state index contributed by atoms with van der Waals surface area (Å²) in [4.78, 5) is 34.8. The fourth-order valence-electron chi connectivity index (χ4n) is 3.98. The average molecular weight is 480 g/mol. The first-order chi connectivity index (χ1) is 16.0. The maximum Gasteiger partial charge on any atom is 0.275 e. The molecule has 2 aromatic carbocycles. The van der Waals surface area contributed by atoms with Gasteiger partial charge < -0.3 is 4.90 Å². The lowest BCUT2D eigenvalue weighted by molar-refractivity contribution is 0.0627. The molecule has 0 saturated carbocycles. The van der Waals surface area contributed by atoms with Crippen LogP contribution in [0, 0.1) is 6.92 Å². The second-order valence-corrected chi connectivity index (χ2v) is 9.47. The third kappa shape index (κ3) is 4.55. The fourth-order valence-corrected chi connectivity index (χ4v) is 5.22. The predicted molar refractivity (Wildman–Crippen MR) is 130 cm³/mol. The minimum atomic E-state index is -0.210. The highest BCUT2D eigenvalue weighted by Crippen LogP contribution is 2.30. The molecule has 0 radical (unpaired) electrons. The largest absolute Gasteiger partial charge is 0.336 e. The Morgan fingerprint density at radius 2 is 1.85 bits per heavy atom. The van der Waals surface area contributed by atoms with Crippen molar-refractivity contribution in [1.29, 1.82) is 0 Å². The van der Waals surface area contributed by atoms with Crippen LogP contribution in [0.25, 0.3) is 15.5 Å². The summed E-state index contributed by atoms with van der Waals surface area (Å²) in [7, 11) is 0. The number of fused-ring (bicyclic) bond motifs is 1. The second kappa shape index (κ2) is 9.05. The van der Waals surface area contributed by atoms with Gasteiger partial charge in [0.05, 0.1) is 10.7 Å². The Balaban J connectivity index is 1.29. The van der Waals surface area contributed by atoms with Crippen LogP contribution in [0.1, 0.15) is 21.6 Å². The topological polar surface area (TPSA) is 70.8 Å². The highest BCUT2D eigenvalue weighted by molar-refractivity contribution is 7.19. The van der Waals surface area contributed by atoms with E-state index < -0.39 is 0 Å². The number of aryl methyl sites for hydroxylation is 1. The van der Waals surface area contributed by atoms with Crippen molar-refractivity contribution >= 4 is 33.8 Å². The maximum atomic E-state index is 12.8. The number of benzene rings is 2. The van der Waals surface area contributed by atoms with Crippen LogP contribution < -0.4 is 5.56 Å². The summed E-state index contributed by atoms with van der Waals surface area (Å²) in [6, 6.07) is 16.6. The first kappa shape index (κ1) is 21.8. The summed E-state index contributed by atoms with van der Waals surface area (Å²) < 4.78 is 1.32. The smallest absolute Gasteiger partial charge is 0.275 e. The van der Waals surface area contributed by atoms with E-state index in [1.807, 2.05) is 54.3 Å². The van der Waals surface area contributed by atoms with Gasteiger partial charge in [0.15, 0.2) is 0 Å². The minimum absolute atomic E-state index is 0.0629. The molecule has 1 aliphatic rings. The van der Waals surface area contributed by atoms with Crippen molar-refractivity contribution in [2.24, 2.45) is 0 Å². The lowest BCUT2D eigenvalue weighted by atomic mass is 10.1. The summed E-state index contributed by atoms with van der Waals surface area (Å²) in [6.07, 6.45) is 0. The Morgan fingerprint density at radius 1 is 1.06 bits per heavy atom. The Labute approximate surface area is 199 Å². The van der Waals surface area contributed by atoms with Gasteiger partial charge in [0.1, 0.15) is 5.01 Å². The van der Waals surface area contributed by atoms with Gasteiger partial charge in [0.2, 0.25) is 4.96 Å². The molecule has 1 amide bonds. The zero-order chi connectivity index (χ0) is 22.9. The van der Waals surface area contributed by atoms with E-state index in [2.05, 4.69) is 15.0 Å². The van der Waals surface area contributed by atoms with Gasteiger partial charge in [-0.2, -0.15) is 9.61 Å². The number of nitrogens with zero attached hydrogens (tertiary/aromatic N) is 5. The standard InChI is InChI=1S/C24H22ClN5O2S/c1-16-5-4-6-17(13-16)23(32)29-11-9-28(10-12-29)15-18-14-21(31)30-24(26-18)33-22(27-30)19-7-2-3-8-20(19)25/h2-8,13-14H,9-12,15H2,1H3. The van der Waals surface area contributed by atoms with Crippen molar-refractivity contribution < 1.29 is 4.79 Å². The molecule has 1 aliphatic heterocycles. The predicted octanol–water partition coefficient (Wildman–Crippen LogP) is 3.74. The Bertz CT molecular complexity index is 1390. The van der Waals surface area contributed by atoms with Crippen LogP contribution in [0.3, 0.4) is 0 Å². The molecule has 168 valence electrons. The van der Waals surface area contributed by atoms with Crippen LogP contribution in [0.2, 0.25) is 5.02 Å². The molecule has 7 nitrogen and oxygen atoms in total. The zero-order valence-corrected chi connectivity index (χ0v) is 19.6. The number of amides is 1.